The average molecular weight is 302 g/mol. The van der Waals surface area contributed by atoms with Gasteiger partial charge in [-0.15, -0.1) is 0 Å². The van der Waals surface area contributed by atoms with Crippen molar-refractivity contribution >= 4 is 0 Å². The van der Waals surface area contributed by atoms with Crippen LogP contribution in [0.2, 0.25) is 0 Å². The van der Waals surface area contributed by atoms with Crippen LogP contribution in [0.3, 0.4) is 0 Å². The van der Waals surface area contributed by atoms with Crippen LogP contribution in [0.25, 0.3) is 0 Å². The summed E-state index contributed by atoms with van der Waals surface area (Å²) < 4.78 is 0. The number of aryl methyl sites for hydroxylation is 1. The Labute approximate surface area is 137 Å². The first-order valence-electron chi connectivity index (χ1n) is 9.70. The van der Waals surface area contributed by atoms with Gasteiger partial charge in [-0.25, -0.2) is 0 Å². The summed E-state index contributed by atoms with van der Waals surface area (Å²) in [6, 6.07) is 9.72. The second-order valence-corrected chi connectivity index (χ2v) is 6.99. The molecular formula is C21H35N. The van der Waals surface area contributed by atoms with Gasteiger partial charge in [0.15, 0.2) is 0 Å². The first-order chi connectivity index (χ1) is 10.9. The molecule has 0 bridgehead atoms. The molecule has 22 heavy (non-hydrogen) atoms. The van der Waals surface area contributed by atoms with Crippen molar-refractivity contribution in [3.63, 3.8) is 0 Å². The lowest BCUT2D eigenvalue weighted by Crippen LogP contribution is -2.31. The molecule has 0 heterocycles. The molecule has 1 nitrogen and oxygen atoms in total. The van der Waals surface area contributed by atoms with E-state index in [9.17, 15) is 0 Å². The van der Waals surface area contributed by atoms with Crippen LogP contribution in [0.4, 0.5) is 0 Å². The highest BCUT2D eigenvalue weighted by atomic mass is 14.9. The molecule has 1 aliphatic rings. The summed E-state index contributed by atoms with van der Waals surface area (Å²) in [4.78, 5) is 0. The number of nitrogens with one attached hydrogen (secondary N) is 1. The Bertz CT molecular complexity index is 399. The van der Waals surface area contributed by atoms with E-state index >= 15 is 0 Å². The molecule has 0 aromatic heterocycles. The quantitative estimate of drug-likeness (QED) is 0.434. The minimum Gasteiger partial charge on any atom is -0.314 e. The largest absolute Gasteiger partial charge is 0.314 e. The molecule has 0 spiro atoms. The molecule has 1 N–H and O–H groups in total. The van der Waals surface area contributed by atoms with Gasteiger partial charge in [-0.1, -0.05) is 76.1 Å². The van der Waals surface area contributed by atoms with Crippen LogP contribution in [0.5, 0.6) is 0 Å². The first kappa shape index (κ1) is 17.5. The maximum Gasteiger partial charge on any atom is 0.0108 e. The third-order valence-corrected chi connectivity index (χ3v) is 5.05. The van der Waals surface area contributed by atoms with Crippen molar-refractivity contribution in [3.05, 3.63) is 35.4 Å². The molecule has 0 saturated carbocycles. The number of rotatable bonds is 10. The van der Waals surface area contributed by atoms with Gasteiger partial charge in [-0.3, -0.25) is 0 Å². The molecule has 1 aliphatic carbocycles. The number of fused-ring (bicyclic) bond motifs is 1. The predicted octanol–water partition coefficient (Wildman–Crippen LogP) is 5.66. The van der Waals surface area contributed by atoms with Gasteiger partial charge in [0.05, 0.1) is 0 Å². The molecule has 1 heteroatoms. The molecule has 0 saturated heterocycles. The van der Waals surface area contributed by atoms with Gasteiger partial charge >= 0.3 is 0 Å². The Morgan fingerprint density at radius 2 is 1.59 bits per heavy atom. The van der Waals surface area contributed by atoms with Crippen LogP contribution in [-0.2, 0) is 12.8 Å². The Kier molecular flexibility index (Phi) is 8.63. The average Bonchev–Trinajstić information content (AvgIpc) is 2.75. The van der Waals surface area contributed by atoms with Crippen LogP contribution >= 0.6 is 0 Å². The number of unbranched alkanes of at least 4 members (excludes halogenated alkanes) is 7. The molecule has 0 aliphatic heterocycles. The van der Waals surface area contributed by atoms with Crippen molar-refractivity contribution in [1.82, 2.24) is 5.32 Å². The minimum atomic E-state index is 0.702. The lowest BCUT2D eigenvalue weighted by molar-refractivity contribution is 0.460. The smallest absolute Gasteiger partial charge is 0.0108 e. The summed E-state index contributed by atoms with van der Waals surface area (Å²) in [6.07, 6.45) is 16.5. The van der Waals surface area contributed by atoms with Crippen molar-refractivity contribution in [2.75, 3.05) is 6.54 Å². The van der Waals surface area contributed by atoms with E-state index in [1.807, 2.05) is 0 Å². The molecule has 2 rings (SSSR count). The molecule has 1 unspecified atom stereocenters. The summed E-state index contributed by atoms with van der Waals surface area (Å²) in [5, 5.41) is 3.81. The Hall–Kier alpha value is -0.820. The minimum absolute atomic E-state index is 0.702. The van der Waals surface area contributed by atoms with Crippen LogP contribution in [0, 0.1) is 0 Å². The molecule has 0 fully saturated rings. The third-order valence-electron chi connectivity index (χ3n) is 5.05. The zero-order valence-electron chi connectivity index (χ0n) is 14.6. The summed E-state index contributed by atoms with van der Waals surface area (Å²) in [6.45, 7) is 3.50. The van der Waals surface area contributed by atoms with E-state index in [1.54, 1.807) is 11.1 Å². The van der Waals surface area contributed by atoms with E-state index in [2.05, 4.69) is 36.5 Å². The lowest BCUT2D eigenvalue weighted by atomic mass is 10.0. The van der Waals surface area contributed by atoms with E-state index in [1.165, 1.54) is 83.6 Å². The fraction of sp³-hybridized carbons (Fsp3) is 0.714. The summed E-state index contributed by atoms with van der Waals surface area (Å²) >= 11 is 0. The molecule has 0 radical (unpaired) electrons. The monoisotopic (exact) mass is 301 g/mol. The Morgan fingerprint density at radius 3 is 2.36 bits per heavy atom. The van der Waals surface area contributed by atoms with Gasteiger partial charge in [0, 0.05) is 6.04 Å². The van der Waals surface area contributed by atoms with Crippen LogP contribution < -0.4 is 5.32 Å². The zero-order valence-corrected chi connectivity index (χ0v) is 14.6. The van der Waals surface area contributed by atoms with Gasteiger partial charge in [0.2, 0.25) is 0 Å². The topological polar surface area (TPSA) is 12.0 Å². The van der Waals surface area contributed by atoms with Crippen molar-refractivity contribution in [2.45, 2.75) is 90.0 Å². The van der Waals surface area contributed by atoms with Crippen molar-refractivity contribution < 1.29 is 0 Å². The van der Waals surface area contributed by atoms with E-state index in [0.29, 0.717) is 6.04 Å². The highest BCUT2D eigenvalue weighted by Crippen LogP contribution is 2.20. The van der Waals surface area contributed by atoms with Crippen LogP contribution in [0.1, 0.15) is 82.3 Å². The SMILES string of the molecule is CCCCCCCCCCNC1CCCc2ccccc2C1. The number of hydrogen-bond acceptors (Lipinski definition) is 1. The van der Waals surface area contributed by atoms with Gasteiger partial charge in [-0.2, -0.15) is 0 Å². The number of benzene rings is 1. The van der Waals surface area contributed by atoms with Crippen LogP contribution in [-0.4, -0.2) is 12.6 Å². The fourth-order valence-electron chi connectivity index (χ4n) is 3.65. The third kappa shape index (κ3) is 6.52. The van der Waals surface area contributed by atoms with Gasteiger partial charge in [0.1, 0.15) is 0 Å². The normalized spacial score (nSPS) is 18.0. The van der Waals surface area contributed by atoms with Crippen molar-refractivity contribution in [3.8, 4) is 0 Å². The van der Waals surface area contributed by atoms with E-state index < -0.39 is 0 Å². The maximum absolute atomic E-state index is 3.81. The predicted molar refractivity (Wildman–Crippen MR) is 97.5 cm³/mol. The molecule has 1 atom stereocenters. The zero-order chi connectivity index (χ0) is 15.5. The lowest BCUT2D eigenvalue weighted by Gasteiger charge is -2.17. The molecular weight excluding hydrogens is 266 g/mol. The van der Waals surface area contributed by atoms with Gasteiger partial charge in [-0.05, 0) is 49.8 Å². The van der Waals surface area contributed by atoms with Crippen LogP contribution in [0.15, 0.2) is 24.3 Å². The van der Waals surface area contributed by atoms with Crippen molar-refractivity contribution in [2.24, 2.45) is 0 Å². The second-order valence-electron chi connectivity index (χ2n) is 6.99. The highest BCUT2D eigenvalue weighted by molar-refractivity contribution is 5.29. The summed E-state index contributed by atoms with van der Waals surface area (Å²) in [7, 11) is 0. The summed E-state index contributed by atoms with van der Waals surface area (Å²) in [5.74, 6) is 0. The standard InChI is InChI=1S/C21H35N/c1-2-3-4-5-6-7-8-11-17-22-21-16-12-15-19-13-9-10-14-20(19)18-21/h9-10,13-14,21-22H,2-8,11-12,15-18H2,1H3. The molecule has 1 aromatic carbocycles. The fourth-order valence-corrected chi connectivity index (χ4v) is 3.65. The molecule has 124 valence electrons. The van der Waals surface area contributed by atoms with E-state index in [-0.39, 0.29) is 0 Å². The molecule has 1 aromatic rings. The van der Waals surface area contributed by atoms with Gasteiger partial charge in [0.25, 0.3) is 0 Å². The molecule has 0 amide bonds. The second kappa shape index (κ2) is 10.8. The summed E-state index contributed by atoms with van der Waals surface area (Å²) in [5.41, 5.74) is 3.16. The maximum atomic E-state index is 3.81. The van der Waals surface area contributed by atoms with Crippen molar-refractivity contribution in [1.29, 1.82) is 0 Å². The Balaban J connectivity index is 1.54. The number of hydrogen-bond donors (Lipinski definition) is 1. The van der Waals surface area contributed by atoms with E-state index in [0.717, 1.165) is 0 Å². The van der Waals surface area contributed by atoms with Gasteiger partial charge < -0.3 is 5.32 Å². The first-order valence-corrected chi connectivity index (χ1v) is 9.70. The highest BCUT2D eigenvalue weighted by Gasteiger charge is 2.15. The Morgan fingerprint density at radius 1 is 0.909 bits per heavy atom. The van der Waals surface area contributed by atoms with E-state index in [4.69, 9.17) is 0 Å².